The van der Waals surface area contributed by atoms with Crippen molar-refractivity contribution in [3.63, 3.8) is 0 Å². The standard InChI is InChI=1S/C29H24BrClN8O/c1-17(2)25-24(28(40)35-23-13-10-19(30)14-32-23)27(39-29(36-25)33-16-34-39)22-15-38(21-6-4-3-5-7-21)37-26(22)18-8-11-20(31)12-9-18/h3-17,27H,1-2H3,(H,32,35,40)(H,33,34,36). The quantitative estimate of drug-likeness (QED) is 0.226. The molecule has 2 aromatic carbocycles. The third kappa shape index (κ3) is 4.91. The predicted octanol–water partition coefficient (Wildman–Crippen LogP) is 6.51. The van der Waals surface area contributed by atoms with E-state index < -0.39 is 6.04 Å². The number of nitrogens with zero attached hydrogens (tertiary/aromatic N) is 6. The van der Waals surface area contributed by atoms with Gasteiger partial charge in [0.2, 0.25) is 5.95 Å². The van der Waals surface area contributed by atoms with Crippen LogP contribution in [0.2, 0.25) is 5.02 Å². The Balaban J connectivity index is 1.56. The number of carbonyl (C=O) groups excluding carboxylic acids is 1. The molecule has 3 aromatic heterocycles. The second-order valence-corrected chi connectivity index (χ2v) is 10.9. The molecular weight excluding hydrogens is 592 g/mol. The van der Waals surface area contributed by atoms with Crippen LogP contribution in [0.15, 0.2) is 101 Å². The molecule has 2 N–H and O–H groups in total. The summed E-state index contributed by atoms with van der Waals surface area (Å²) in [5.74, 6) is 0.660. The fraction of sp³-hybridized carbons (Fsp3) is 0.138. The SMILES string of the molecule is CC(C)C1=C(C(=O)Nc2ccc(Br)cn2)C(c2cn(-c3ccccc3)nc2-c2ccc(Cl)cc2)n2ncnc2N1. The lowest BCUT2D eigenvalue weighted by atomic mass is 9.90. The van der Waals surface area contributed by atoms with E-state index in [-0.39, 0.29) is 11.8 Å². The molecule has 0 fully saturated rings. The molecule has 1 unspecified atom stereocenters. The van der Waals surface area contributed by atoms with Gasteiger partial charge in [-0.3, -0.25) is 4.79 Å². The Bertz CT molecular complexity index is 1710. The first-order valence-electron chi connectivity index (χ1n) is 12.6. The minimum atomic E-state index is -0.630. The van der Waals surface area contributed by atoms with Crippen molar-refractivity contribution < 1.29 is 4.79 Å². The molecule has 0 bridgehead atoms. The molecule has 5 aromatic rings. The van der Waals surface area contributed by atoms with Gasteiger partial charge >= 0.3 is 0 Å². The Kier molecular flexibility index (Phi) is 6.95. The van der Waals surface area contributed by atoms with Crippen molar-refractivity contribution in [1.29, 1.82) is 0 Å². The van der Waals surface area contributed by atoms with Gasteiger partial charge in [-0.15, -0.1) is 0 Å². The number of benzene rings is 2. The van der Waals surface area contributed by atoms with E-state index in [1.807, 2.05) is 85.4 Å². The van der Waals surface area contributed by atoms with E-state index in [9.17, 15) is 4.79 Å². The second-order valence-electron chi connectivity index (χ2n) is 9.57. The lowest BCUT2D eigenvalue weighted by Crippen LogP contribution is -2.33. The van der Waals surface area contributed by atoms with E-state index in [2.05, 4.69) is 41.6 Å². The van der Waals surface area contributed by atoms with Crippen LogP contribution in [0.4, 0.5) is 11.8 Å². The highest BCUT2D eigenvalue weighted by molar-refractivity contribution is 9.10. The summed E-state index contributed by atoms with van der Waals surface area (Å²) >= 11 is 9.62. The van der Waals surface area contributed by atoms with Crippen LogP contribution in [0.25, 0.3) is 16.9 Å². The molecule has 0 saturated heterocycles. The zero-order valence-electron chi connectivity index (χ0n) is 21.6. The number of fused-ring (bicyclic) bond motifs is 1. The van der Waals surface area contributed by atoms with Crippen LogP contribution in [0.1, 0.15) is 25.5 Å². The summed E-state index contributed by atoms with van der Waals surface area (Å²) < 4.78 is 4.36. The van der Waals surface area contributed by atoms with Crippen molar-refractivity contribution in [2.45, 2.75) is 19.9 Å². The number of rotatable bonds is 6. The van der Waals surface area contributed by atoms with Crippen molar-refractivity contribution in [3.8, 4) is 16.9 Å². The fourth-order valence-corrected chi connectivity index (χ4v) is 5.10. The maximum Gasteiger partial charge on any atom is 0.257 e. The van der Waals surface area contributed by atoms with Gasteiger partial charge in [-0.25, -0.2) is 14.3 Å². The summed E-state index contributed by atoms with van der Waals surface area (Å²) in [7, 11) is 0. The van der Waals surface area contributed by atoms with E-state index in [1.54, 1.807) is 16.9 Å². The van der Waals surface area contributed by atoms with Crippen LogP contribution in [0.5, 0.6) is 0 Å². The first-order chi connectivity index (χ1) is 19.4. The zero-order valence-corrected chi connectivity index (χ0v) is 23.9. The Labute approximate surface area is 244 Å². The summed E-state index contributed by atoms with van der Waals surface area (Å²) in [6.07, 6.45) is 5.07. The summed E-state index contributed by atoms with van der Waals surface area (Å²) in [4.78, 5) is 22.9. The molecule has 0 saturated carbocycles. The van der Waals surface area contributed by atoms with Crippen LogP contribution in [0.3, 0.4) is 0 Å². The molecule has 0 radical (unpaired) electrons. The highest BCUT2D eigenvalue weighted by Gasteiger charge is 2.38. The molecule has 1 aliphatic heterocycles. The van der Waals surface area contributed by atoms with E-state index >= 15 is 0 Å². The molecule has 1 atom stereocenters. The van der Waals surface area contributed by atoms with Gasteiger partial charge < -0.3 is 10.6 Å². The molecule has 200 valence electrons. The number of halogens is 2. The summed E-state index contributed by atoms with van der Waals surface area (Å²) in [5.41, 5.74) is 4.47. The molecule has 6 rings (SSSR count). The minimum absolute atomic E-state index is 0.0188. The third-order valence-corrected chi connectivity index (χ3v) is 7.32. The van der Waals surface area contributed by atoms with E-state index in [1.165, 1.54) is 6.33 Å². The lowest BCUT2D eigenvalue weighted by Gasteiger charge is -2.31. The number of pyridine rings is 1. The molecule has 1 amide bonds. The van der Waals surface area contributed by atoms with Crippen LogP contribution >= 0.6 is 27.5 Å². The molecule has 11 heteroatoms. The van der Waals surface area contributed by atoms with Gasteiger partial charge in [-0.1, -0.05) is 55.8 Å². The zero-order chi connectivity index (χ0) is 27.8. The third-order valence-electron chi connectivity index (χ3n) is 6.59. The maximum atomic E-state index is 14.1. The van der Waals surface area contributed by atoms with Crippen LogP contribution in [-0.4, -0.2) is 35.4 Å². The number of nitrogens with one attached hydrogen (secondary N) is 2. The molecule has 4 heterocycles. The number of carbonyl (C=O) groups is 1. The number of hydrogen-bond donors (Lipinski definition) is 2. The van der Waals surface area contributed by atoms with Crippen molar-refractivity contribution in [2.24, 2.45) is 5.92 Å². The van der Waals surface area contributed by atoms with Gasteiger partial charge in [-0.2, -0.15) is 15.2 Å². The average molecular weight is 616 g/mol. The smallest absolute Gasteiger partial charge is 0.257 e. The summed E-state index contributed by atoms with van der Waals surface area (Å²) in [6.45, 7) is 4.06. The number of aromatic nitrogens is 6. The van der Waals surface area contributed by atoms with E-state index in [0.717, 1.165) is 27.0 Å². The number of allylic oxidation sites excluding steroid dienone is 1. The molecule has 0 aliphatic carbocycles. The number of amides is 1. The Morgan fingerprint density at radius 1 is 1.05 bits per heavy atom. The summed E-state index contributed by atoms with van der Waals surface area (Å²) in [6, 6.07) is 20.3. The maximum absolute atomic E-state index is 14.1. The molecular formula is C29H24BrClN8O. The molecule has 1 aliphatic rings. The fourth-order valence-electron chi connectivity index (χ4n) is 4.74. The first kappa shape index (κ1) is 26.0. The van der Waals surface area contributed by atoms with E-state index in [4.69, 9.17) is 16.7 Å². The predicted molar refractivity (Wildman–Crippen MR) is 158 cm³/mol. The number of anilines is 2. The number of para-hydroxylation sites is 1. The van der Waals surface area contributed by atoms with Crippen molar-refractivity contribution in [1.82, 2.24) is 29.5 Å². The van der Waals surface area contributed by atoms with Crippen molar-refractivity contribution >= 4 is 45.2 Å². The largest absolute Gasteiger partial charge is 0.327 e. The van der Waals surface area contributed by atoms with Gasteiger partial charge in [-0.05, 0) is 58.2 Å². The van der Waals surface area contributed by atoms with E-state index in [0.29, 0.717) is 28.1 Å². The topological polar surface area (TPSA) is 103 Å². The Hall–Kier alpha value is -4.28. The van der Waals surface area contributed by atoms with Crippen LogP contribution < -0.4 is 10.6 Å². The van der Waals surface area contributed by atoms with Gasteiger partial charge in [0, 0.05) is 38.7 Å². The van der Waals surface area contributed by atoms with Gasteiger partial charge in [0.15, 0.2) is 0 Å². The monoisotopic (exact) mass is 614 g/mol. The highest BCUT2D eigenvalue weighted by Crippen LogP contribution is 2.41. The van der Waals surface area contributed by atoms with Crippen molar-refractivity contribution in [2.75, 3.05) is 10.6 Å². The number of hydrogen-bond acceptors (Lipinski definition) is 6. The molecule has 40 heavy (non-hydrogen) atoms. The van der Waals surface area contributed by atoms with Crippen LogP contribution in [0, 0.1) is 5.92 Å². The van der Waals surface area contributed by atoms with Crippen LogP contribution in [-0.2, 0) is 4.79 Å². The Morgan fingerprint density at radius 3 is 2.52 bits per heavy atom. The first-order valence-corrected chi connectivity index (χ1v) is 13.8. The van der Waals surface area contributed by atoms with Gasteiger partial charge in [0.25, 0.3) is 5.91 Å². The van der Waals surface area contributed by atoms with Crippen molar-refractivity contribution in [3.05, 3.63) is 112 Å². The average Bonchev–Trinajstić information content (AvgIpc) is 3.62. The Morgan fingerprint density at radius 2 is 1.82 bits per heavy atom. The lowest BCUT2D eigenvalue weighted by molar-refractivity contribution is -0.113. The van der Waals surface area contributed by atoms with Gasteiger partial charge in [0.05, 0.1) is 17.0 Å². The molecule has 0 spiro atoms. The second kappa shape index (κ2) is 10.7. The highest BCUT2D eigenvalue weighted by atomic mass is 79.9. The molecule has 9 nitrogen and oxygen atoms in total. The normalized spacial score (nSPS) is 14.7. The summed E-state index contributed by atoms with van der Waals surface area (Å²) in [5, 5.41) is 16.5. The van der Waals surface area contributed by atoms with Gasteiger partial charge in [0.1, 0.15) is 18.2 Å². The minimum Gasteiger partial charge on any atom is -0.327 e.